The lowest BCUT2D eigenvalue weighted by Gasteiger charge is -2.25. The van der Waals surface area contributed by atoms with E-state index in [4.69, 9.17) is 14.5 Å². The minimum atomic E-state index is -0.570. The summed E-state index contributed by atoms with van der Waals surface area (Å²) in [4.78, 5) is 16.9. The van der Waals surface area contributed by atoms with Crippen LogP contribution in [0.1, 0.15) is 65.5 Å². The smallest absolute Gasteiger partial charge is 0.407 e. The van der Waals surface area contributed by atoms with E-state index in [0.29, 0.717) is 5.88 Å². The Bertz CT molecular complexity index is 1160. The van der Waals surface area contributed by atoms with Crippen molar-refractivity contribution in [3.8, 4) is 17.1 Å². The van der Waals surface area contributed by atoms with E-state index < -0.39 is 11.7 Å². The van der Waals surface area contributed by atoms with E-state index in [1.165, 1.54) is 0 Å². The molecule has 186 valence electrons. The second-order valence-electron chi connectivity index (χ2n) is 8.98. The largest absolute Gasteiger partial charge is 0.472 e. The van der Waals surface area contributed by atoms with Gasteiger partial charge < -0.3 is 14.8 Å². The van der Waals surface area contributed by atoms with Crippen LogP contribution in [-0.2, 0) is 11.8 Å². The van der Waals surface area contributed by atoms with Gasteiger partial charge >= 0.3 is 6.09 Å². The number of H-pyrrole nitrogens is 1. The van der Waals surface area contributed by atoms with E-state index >= 15 is 0 Å². The van der Waals surface area contributed by atoms with Crippen molar-refractivity contribution in [1.82, 2.24) is 30.3 Å². The summed E-state index contributed by atoms with van der Waals surface area (Å²) < 4.78 is 13.3. The minimum absolute atomic E-state index is 0.300. The van der Waals surface area contributed by atoms with E-state index in [-0.39, 0.29) is 12.1 Å². The van der Waals surface area contributed by atoms with Crippen LogP contribution in [0.3, 0.4) is 0 Å². The standard InChI is InChI=1S/C23H32N6O3.C2H6/c1-10-17-16-11-18(24-14(4)20(16)27-26-17)19-13(3)28-29(9)21(19)31-15(5)12(2)25-22(30)32-23(6,7)8;1-2/h10-12,15H,1H2,2-9H3,(H,25,30)(H,26,27);1-2H3. The molecule has 2 unspecified atom stereocenters. The summed E-state index contributed by atoms with van der Waals surface area (Å²) >= 11 is 0. The van der Waals surface area contributed by atoms with E-state index in [1.807, 2.05) is 75.4 Å². The topological polar surface area (TPSA) is 107 Å². The zero-order valence-electron chi connectivity index (χ0n) is 22.0. The van der Waals surface area contributed by atoms with Crippen molar-refractivity contribution in [2.75, 3.05) is 0 Å². The number of rotatable bonds is 6. The summed E-state index contributed by atoms with van der Waals surface area (Å²) in [7, 11) is 1.82. The molecule has 0 aromatic carbocycles. The molecule has 2 atom stereocenters. The lowest BCUT2D eigenvalue weighted by Crippen LogP contribution is -2.44. The molecule has 3 aromatic heterocycles. The molecule has 3 aromatic rings. The third-order valence-electron chi connectivity index (χ3n) is 5.12. The monoisotopic (exact) mass is 470 g/mol. The molecule has 9 heteroatoms. The number of amides is 1. The molecule has 0 saturated heterocycles. The Morgan fingerprint density at radius 1 is 1.24 bits per heavy atom. The normalized spacial score (nSPS) is 13.0. The summed E-state index contributed by atoms with van der Waals surface area (Å²) in [5.41, 5.74) is 4.18. The lowest BCUT2D eigenvalue weighted by molar-refractivity contribution is 0.0460. The minimum Gasteiger partial charge on any atom is -0.472 e. The fourth-order valence-electron chi connectivity index (χ4n) is 3.43. The predicted molar refractivity (Wildman–Crippen MR) is 136 cm³/mol. The number of pyridine rings is 1. The second-order valence-corrected chi connectivity index (χ2v) is 8.98. The molecule has 2 N–H and O–H groups in total. The number of hydrogen-bond acceptors (Lipinski definition) is 6. The molecule has 0 saturated carbocycles. The fourth-order valence-corrected chi connectivity index (χ4v) is 3.43. The van der Waals surface area contributed by atoms with Crippen molar-refractivity contribution < 1.29 is 14.3 Å². The summed E-state index contributed by atoms with van der Waals surface area (Å²) in [6.07, 6.45) is 0.901. The summed E-state index contributed by atoms with van der Waals surface area (Å²) in [5.74, 6) is 0.572. The Morgan fingerprint density at radius 3 is 2.47 bits per heavy atom. The number of alkyl carbamates (subject to hydrolysis) is 1. The molecule has 0 aliphatic rings. The molecule has 3 heterocycles. The first-order valence-electron chi connectivity index (χ1n) is 11.6. The van der Waals surface area contributed by atoms with Gasteiger partial charge in [0.05, 0.1) is 34.4 Å². The van der Waals surface area contributed by atoms with Gasteiger partial charge in [-0.3, -0.25) is 10.1 Å². The molecule has 0 radical (unpaired) electrons. The highest BCUT2D eigenvalue weighted by Gasteiger charge is 2.25. The maximum atomic E-state index is 12.1. The Kier molecular flexibility index (Phi) is 8.47. The molecule has 0 aliphatic heterocycles. The van der Waals surface area contributed by atoms with Crippen LogP contribution in [0, 0.1) is 13.8 Å². The first-order chi connectivity index (χ1) is 15.9. The molecule has 0 aliphatic carbocycles. The maximum absolute atomic E-state index is 12.1. The van der Waals surface area contributed by atoms with Crippen molar-refractivity contribution >= 4 is 23.1 Å². The van der Waals surface area contributed by atoms with Gasteiger partial charge in [0.1, 0.15) is 17.2 Å². The number of ether oxygens (including phenoxy) is 2. The highest BCUT2D eigenvalue weighted by atomic mass is 16.6. The van der Waals surface area contributed by atoms with E-state index in [0.717, 1.165) is 39.2 Å². The molecule has 0 spiro atoms. The van der Waals surface area contributed by atoms with Crippen LogP contribution in [0.25, 0.3) is 28.2 Å². The van der Waals surface area contributed by atoms with Gasteiger partial charge in [-0.1, -0.05) is 20.4 Å². The second kappa shape index (κ2) is 10.7. The average Bonchev–Trinajstić information content (AvgIpc) is 3.28. The maximum Gasteiger partial charge on any atom is 0.407 e. The van der Waals surface area contributed by atoms with Gasteiger partial charge in [0.15, 0.2) is 0 Å². The number of aromatic amines is 1. The van der Waals surface area contributed by atoms with E-state index in [9.17, 15) is 4.79 Å². The lowest BCUT2D eigenvalue weighted by atomic mass is 10.1. The third kappa shape index (κ3) is 5.95. The first-order valence-corrected chi connectivity index (χ1v) is 11.6. The number of carbonyl (C=O) groups excluding carboxylic acids is 1. The number of aryl methyl sites for hydroxylation is 3. The highest BCUT2D eigenvalue weighted by Crippen LogP contribution is 2.35. The predicted octanol–water partition coefficient (Wildman–Crippen LogP) is 5.32. The van der Waals surface area contributed by atoms with Crippen LogP contribution in [0.5, 0.6) is 5.88 Å². The third-order valence-corrected chi connectivity index (χ3v) is 5.12. The van der Waals surface area contributed by atoms with Gasteiger partial charge in [-0.25, -0.2) is 9.48 Å². The number of carbonyl (C=O) groups is 1. The van der Waals surface area contributed by atoms with Gasteiger partial charge in [-0.2, -0.15) is 10.2 Å². The number of fused-ring (bicyclic) bond motifs is 1. The molecular weight excluding hydrogens is 432 g/mol. The van der Waals surface area contributed by atoms with Crippen molar-refractivity contribution in [2.24, 2.45) is 7.05 Å². The molecule has 34 heavy (non-hydrogen) atoms. The molecule has 0 bridgehead atoms. The molecular formula is C25H38N6O3. The molecule has 0 fully saturated rings. The van der Waals surface area contributed by atoms with Gasteiger partial charge in [0.25, 0.3) is 0 Å². The molecule has 3 rings (SSSR count). The zero-order valence-corrected chi connectivity index (χ0v) is 22.0. The van der Waals surface area contributed by atoms with E-state index in [1.54, 1.807) is 10.8 Å². The van der Waals surface area contributed by atoms with Crippen molar-refractivity contribution in [3.05, 3.63) is 29.7 Å². The van der Waals surface area contributed by atoms with Gasteiger partial charge in [-0.05, 0) is 60.6 Å². The highest BCUT2D eigenvalue weighted by molar-refractivity contribution is 5.91. The van der Waals surface area contributed by atoms with Crippen LogP contribution >= 0.6 is 0 Å². The molecule has 1 amide bonds. The Labute approximate surface area is 201 Å². The molecule has 9 nitrogen and oxygen atoms in total. The van der Waals surface area contributed by atoms with Crippen LogP contribution in [-0.4, -0.2) is 48.8 Å². The number of nitrogens with one attached hydrogen (secondary N) is 2. The zero-order chi connectivity index (χ0) is 25.8. The van der Waals surface area contributed by atoms with Crippen LogP contribution in [0.2, 0.25) is 0 Å². The first kappa shape index (κ1) is 26.9. The van der Waals surface area contributed by atoms with Crippen LogP contribution in [0.4, 0.5) is 4.79 Å². The Hall–Kier alpha value is -3.36. The van der Waals surface area contributed by atoms with Crippen molar-refractivity contribution in [2.45, 2.75) is 80.1 Å². The fraction of sp³-hybridized carbons (Fsp3) is 0.520. The summed E-state index contributed by atoms with van der Waals surface area (Å²) in [6, 6.07) is 1.67. The Balaban J connectivity index is 0.00000199. The van der Waals surface area contributed by atoms with Gasteiger partial charge in [-0.15, -0.1) is 0 Å². The van der Waals surface area contributed by atoms with Gasteiger partial charge in [0.2, 0.25) is 5.88 Å². The van der Waals surface area contributed by atoms with Crippen LogP contribution in [0.15, 0.2) is 12.6 Å². The van der Waals surface area contributed by atoms with Crippen LogP contribution < -0.4 is 10.1 Å². The Morgan fingerprint density at radius 2 is 1.88 bits per heavy atom. The average molecular weight is 471 g/mol. The quantitative estimate of drug-likeness (QED) is 0.505. The van der Waals surface area contributed by atoms with Crippen molar-refractivity contribution in [1.29, 1.82) is 0 Å². The summed E-state index contributed by atoms with van der Waals surface area (Å²) in [6.45, 7) is 20.9. The SMILES string of the molecule is C=Cc1[nH]nc2c(C)nc(-c3c(C)nn(C)c3OC(C)C(C)NC(=O)OC(C)(C)C)cc12.CC. The number of aromatic nitrogens is 5. The number of hydrogen-bond donors (Lipinski definition) is 2. The van der Waals surface area contributed by atoms with Gasteiger partial charge in [0, 0.05) is 12.4 Å². The number of nitrogens with zero attached hydrogens (tertiary/aromatic N) is 4. The van der Waals surface area contributed by atoms with E-state index in [2.05, 4.69) is 27.2 Å². The van der Waals surface area contributed by atoms with Crippen molar-refractivity contribution in [3.63, 3.8) is 0 Å². The summed E-state index contributed by atoms with van der Waals surface area (Å²) in [5, 5.41) is 15.6.